The molecule has 1 fully saturated rings. The Bertz CT molecular complexity index is 400. The van der Waals surface area contributed by atoms with E-state index in [1.807, 2.05) is 49.4 Å². The number of nitrogens with zero attached hydrogens (tertiary/aromatic N) is 1. The molecule has 1 aliphatic heterocycles. The van der Waals surface area contributed by atoms with Crippen LogP contribution in [0.3, 0.4) is 0 Å². The van der Waals surface area contributed by atoms with Crippen molar-refractivity contribution in [2.75, 3.05) is 7.05 Å². The van der Waals surface area contributed by atoms with E-state index >= 15 is 0 Å². The number of carbonyl (C=O) groups excluding carboxylic acids is 1. The quantitative estimate of drug-likeness (QED) is 0.761. The van der Waals surface area contributed by atoms with Crippen LogP contribution in [-0.2, 0) is 4.74 Å². The number of hydrogen-bond donors (Lipinski definition) is 0. The van der Waals surface area contributed by atoms with Gasteiger partial charge in [-0.3, -0.25) is 0 Å². The van der Waals surface area contributed by atoms with Gasteiger partial charge in [0.25, 0.3) is 0 Å². The zero-order valence-electron chi connectivity index (χ0n) is 9.46. The average molecular weight is 217 g/mol. The summed E-state index contributed by atoms with van der Waals surface area (Å²) in [4.78, 5) is 12.9. The molecule has 1 aromatic carbocycles. The molecule has 2 atom stereocenters. The summed E-state index contributed by atoms with van der Waals surface area (Å²) in [6.07, 6.45) is 3.50. The second kappa shape index (κ2) is 4.39. The van der Waals surface area contributed by atoms with Crippen LogP contribution in [0.15, 0.2) is 36.4 Å². The third kappa shape index (κ3) is 2.08. The van der Waals surface area contributed by atoms with E-state index in [2.05, 4.69) is 0 Å². The van der Waals surface area contributed by atoms with E-state index in [4.69, 9.17) is 4.74 Å². The Morgan fingerprint density at radius 3 is 2.56 bits per heavy atom. The van der Waals surface area contributed by atoms with Gasteiger partial charge in [-0.05, 0) is 18.6 Å². The number of cyclic esters (lactones) is 1. The molecule has 2 rings (SSSR count). The number of rotatable bonds is 2. The predicted octanol–water partition coefficient (Wildman–Crippen LogP) is 2.54. The Labute approximate surface area is 95.3 Å². The minimum atomic E-state index is -0.254. The van der Waals surface area contributed by atoms with Gasteiger partial charge in [-0.2, -0.15) is 0 Å². The van der Waals surface area contributed by atoms with Crippen LogP contribution in [0.4, 0.5) is 4.79 Å². The van der Waals surface area contributed by atoms with Crippen molar-refractivity contribution in [3.63, 3.8) is 0 Å². The SMILES string of the molecule is C[C@H]1[C@H](/C=C/c2ccccc2)OC(=O)N1C. The summed E-state index contributed by atoms with van der Waals surface area (Å²) < 4.78 is 5.21. The van der Waals surface area contributed by atoms with Crippen LogP contribution in [0.2, 0.25) is 0 Å². The van der Waals surface area contributed by atoms with E-state index in [-0.39, 0.29) is 18.2 Å². The predicted molar refractivity (Wildman–Crippen MR) is 63.0 cm³/mol. The Morgan fingerprint density at radius 1 is 1.31 bits per heavy atom. The standard InChI is InChI=1S/C13H15NO2/c1-10-12(16-13(15)14(10)2)9-8-11-6-4-3-5-7-11/h3-10,12H,1-2H3/b9-8+/t10-,12-/m0/s1. The van der Waals surface area contributed by atoms with Crippen molar-refractivity contribution in [1.29, 1.82) is 0 Å². The molecule has 0 bridgehead atoms. The molecule has 3 nitrogen and oxygen atoms in total. The Balaban J connectivity index is 2.06. The molecule has 1 saturated heterocycles. The molecule has 84 valence electrons. The summed E-state index contributed by atoms with van der Waals surface area (Å²) in [7, 11) is 1.75. The van der Waals surface area contributed by atoms with E-state index in [0.29, 0.717) is 0 Å². The lowest BCUT2D eigenvalue weighted by molar-refractivity contribution is 0.148. The molecule has 0 N–H and O–H groups in total. The fourth-order valence-electron chi connectivity index (χ4n) is 1.65. The van der Waals surface area contributed by atoms with Crippen LogP contribution < -0.4 is 0 Å². The first-order chi connectivity index (χ1) is 7.68. The third-order valence-electron chi connectivity index (χ3n) is 2.89. The number of ether oxygens (including phenoxy) is 1. The zero-order valence-corrected chi connectivity index (χ0v) is 9.46. The van der Waals surface area contributed by atoms with Crippen molar-refractivity contribution >= 4 is 12.2 Å². The van der Waals surface area contributed by atoms with Gasteiger partial charge < -0.3 is 9.64 Å². The molecule has 0 aliphatic carbocycles. The van der Waals surface area contributed by atoms with Crippen molar-refractivity contribution in [3.8, 4) is 0 Å². The van der Waals surface area contributed by atoms with Crippen molar-refractivity contribution in [3.05, 3.63) is 42.0 Å². The zero-order chi connectivity index (χ0) is 11.5. The Morgan fingerprint density at radius 2 is 2.00 bits per heavy atom. The molecular formula is C13H15NO2. The monoisotopic (exact) mass is 217 g/mol. The minimum Gasteiger partial charge on any atom is -0.440 e. The summed E-state index contributed by atoms with van der Waals surface area (Å²) in [5.41, 5.74) is 1.11. The highest BCUT2D eigenvalue weighted by Crippen LogP contribution is 2.19. The molecule has 0 aromatic heterocycles. The van der Waals surface area contributed by atoms with Gasteiger partial charge in [-0.1, -0.05) is 36.4 Å². The Kier molecular flexibility index (Phi) is 2.95. The normalized spacial score (nSPS) is 25.1. The Hall–Kier alpha value is -1.77. The molecule has 0 saturated carbocycles. The van der Waals surface area contributed by atoms with Gasteiger partial charge in [-0.15, -0.1) is 0 Å². The molecule has 0 spiro atoms. The smallest absolute Gasteiger partial charge is 0.410 e. The summed E-state index contributed by atoms with van der Waals surface area (Å²) >= 11 is 0. The number of amides is 1. The third-order valence-corrected chi connectivity index (χ3v) is 2.89. The van der Waals surface area contributed by atoms with E-state index in [1.165, 1.54) is 0 Å². The van der Waals surface area contributed by atoms with E-state index in [0.717, 1.165) is 5.56 Å². The van der Waals surface area contributed by atoms with Crippen LogP contribution >= 0.6 is 0 Å². The van der Waals surface area contributed by atoms with Crippen molar-refractivity contribution < 1.29 is 9.53 Å². The lowest BCUT2D eigenvalue weighted by Crippen LogP contribution is -2.29. The fourth-order valence-corrected chi connectivity index (χ4v) is 1.65. The summed E-state index contributed by atoms with van der Waals surface area (Å²) in [5.74, 6) is 0. The van der Waals surface area contributed by atoms with Gasteiger partial charge in [-0.25, -0.2) is 4.79 Å². The first-order valence-corrected chi connectivity index (χ1v) is 5.35. The van der Waals surface area contributed by atoms with Crippen LogP contribution in [0, 0.1) is 0 Å². The maximum atomic E-state index is 11.3. The number of hydrogen-bond acceptors (Lipinski definition) is 2. The van der Waals surface area contributed by atoms with E-state index in [1.54, 1.807) is 11.9 Å². The molecular weight excluding hydrogens is 202 g/mol. The largest absolute Gasteiger partial charge is 0.440 e. The van der Waals surface area contributed by atoms with Gasteiger partial charge in [0.2, 0.25) is 0 Å². The van der Waals surface area contributed by atoms with Gasteiger partial charge in [0, 0.05) is 7.05 Å². The van der Waals surface area contributed by atoms with Gasteiger partial charge >= 0.3 is 6.09 Å². The van der Waals surface area contributed by atoms with E-state index in [9.17, 15) is 4.79 Å². The maximum absolute atomic E-state index is 11.3. The molecule has 16 heavy (non-hydrogen) atoms. The van der Waals surface area contributed by atoms with Crippen LogP contribution in [0.1, 0.15) is 12.5 Å². The lowest BCUT2D eigenvalue weighted by Gasteiger charge is -2.13. The van der Waals surface area contributed by atoms with Crippen LogP contribution in [-0.4, -0.2) is 30.2 Å². The van der Waals surface area contributed by atoms with E-state index < -0.39 is 0 Å². The molecule has 1 amide bonds. The van der Waals surface area contributed by atoms with Crippen molar-refractivity contribution in [2.45, 2.75) is 19.1 Å². The van der Waals surface area contributed by atoms with Gasteiger partial charge in [0.15, 0.2) is 0 Å². The van der Waals surface area contributed by atoms with Gasteiger partial charge in [0.1, 0.15) is 6.10 Å². The first-order valence-electron chi connectivity index (χ1n) is 5.35. The lowest BCUT2D eigenvalue weighted by atomic mass is 10.1. The van der Waals surface area contributed by atoms with Crippen molar-refractivity contribution in [1.82, 2.24) is 4.90 Å². The summed E-state index contributed by atoms with van der Waals surface area (Å²) in [6, 6.07) is 10.1. The number of benzene rings is 1. The highest BCUT2D eigenvalue weighted by Gasteiger charge is 2.34. The molecule has 0 radical (unpaired) electrons. The first kappa shape index (κ1) is 10.7. The van der Waals surface area contributed by atoms with Gasteiger partial charge in [0.05, 0.1) is 6.04 Å². The summed E-state index contributed by atoms with van der Waals surface area (Å²) in [6.45, 7) is 1.98. The summed E-state index contributed by atoms with van der Waals surface area (Å²) in [5, 5.41) is 0. The molecule has 1 aromatic rings. The average Bonchev–Trinajstić information content (AvgIpc) is 2.56. The second-order valence-electron chi connectivity index (χ2n) is 3.97. The molecule has 1 aliphatic rings. The van der Waals surface area contributed by atoms with Crippen LogP contribution in [0.5, 0.6) is 0 Å². The number of carbonyl (C=O) groups is 1. The highest BCUT2D eigenvalue weighted by molar-refractivity contribution is 5.71. The fraction of sp³-hybridized carbons (Fsp3) is 0.308. The molecule has 0 unspecified atom stereocenters. The molecule has 3 heteroatoms. The molecule has 1 heterocycles. The van der Waals surface area contributed by atoms with Crippen LogP contribution in [0.25, 0.3) is 6.08 Å². The minimum absolute atomic E-state index is 0.0902. The van der Waals surface area contributed by atoms with Crippen molar-refractivity contribution in [2.24, 2.45) is 0 Å². The second-order valence-corrected chi connectivity index (χ2v) is 3.97. The maximum Gasteiger partial charge on any atom is 0.410 e. The topological polar surface area (TPSA) is 29.5 Å². The highest BCUT2D eigenvalue weighted by atomic mass is 16.6. The number of likely N-dealkylation sites (N-methyl/N-ethyl adjacent to an activating group) is 1.